The molecule has 0 aliphatic rings. The number of sulfonamides is 1. The minimum absolute atomic E-state index is 0.174. The molecule has 7 heteroatoms. The molecule has 0 unspecified atom stereocenters. The van der Waals surface area contributed by atoms with Gasteiger partial charge in [0.1, 0.15) is 4.90 Å². The highest BCUT2D eigenvalue weighted by Crippen LogP contribution is 2.18. The first-order chi connectivity index (χ1) is 9.11. The molecule has 0 amide bonds. The zero-order valence-corrected chi connectivity index (χ0v) is 12.2. The van der Waals surface area contributed by atoms with Gasteiger partial charge in [-0.15, -0.1) is 0 Å². The third-order valence-corrected chi connectivity index (χ3v) is 3.89. The van der Waals surface area contributed by atoms with Crippen LogP contribution in [0.1, 0.15) is 20.3 Å². The summed E-state index contributed by atoms with van der Waals surface area (Å²) in [4.78, 5) is 4.04. The number of anilines is 1. The van der Waals surface area contributed by atoms with Crippen molar-refractivity contribution in [2.45, 2.75) is 25.2 Å². The topological polar surface area (TPSA) is 80.3 Å². The second-order valence-electron chi connectivity index (χ2n) is 3.85. The maximum atomic E-state index is 12.1. The van der Waals surface area contributed by atoms with Gasteiger partial charge in [0.15, 0.2) is 0 Å². The fraction of sp³-hybridized carbons (Fsp3) is 0.583. The van der Waals surface area contributed by atoms with Gasteiger partial charge in [-0.2, -0.15) is 0 Å². The Bertz CT molecular complexity index is 477. The van der Waals surface area contributed by atoms with Crippen LogP contribution in [0.5, 0.6) is 0 Å². The normalized spacial score (nSPS) is 11.5. The van der Waals surface area contributed by atoms with Gasteiger partial charge in [0.05, 0.1) is 5.69 Å². The van der Waals surface area contributed by atoms with Gasteiger partial charge >= 0.3 is 0 Å². The SMILES string of the molecule is CCNc1ccncc1S(=O)(=O)NCCCOCC. The molecule has 0 aliphatic heterocycles. The van der Waals surface area contributed by atoms with Gasteiger partial charge in [-0.3, -0.25) is 4.98 Å². The largest absolute Gasteiger partial charge is 0.384 e. The molecule has 0 atom stereocenters. The second-order valence-corrected chi connectivity index (χ2v) is 5.59. The van der Waals surface area contributed by atoms with E-state index in [0.717, 1.165) is 0 Å². The van der Waals surface area contributed by atoms with E-state index in [1.165, 1.54) is 6.20 Å². The van der Waals surface area contributed by atoms with Crippen LogP contribution in [0, 0.1) is 0 Å². The zero-order chi connectivity index (χ0) is 14.1. The lowest BCUT2D eigenvalue weighted by Crippen LogP contribution is -2.26. The van der Waals surface area contributed by atoms with Gasteiger partial charge in [-0.05, 0) is 26.3 Å². The molecular weight excluding hydrogens is 266 g/mol. The van der Waals surface area contributed by atoms with Gasteiger partial charge in [-0.1, -0.05) is 0 Å². The molecule has 0 radical (unpaired) electrons. The van der Waals surface area contributed by atoms with Gasteiger partial charge in [-0.25, -0.2) is 13.1 Å². The lowest BCUT2D eigenvalue weighted by atomic mass is 10.4. The summed E-state index contributed by atoms with van der Waals surface area (Å²) >= 11 is 0. The van der Waals surface area contributed by atoms with Crippen LogP contribution in [0.3, 0.4) is 0 Å². The van der Waals surface area contributed by atoms with Crippen molar-refractivity contribution >= 4 is 15.7 Å². The molecule has 6 nitrogen and oxygen atoms in total. The summed E-state index contributed by atoms with van der Waals surface area (Å²) in [6.07, 6.45) is 3.55. The van der Waals surface area contributed by atoms with Crippen molar-refractivity contribution in [3.8, 4) is 0 Å². The van der Waals surface area contributed by atoms with Crippen LogP contribution in [0.2, 0.25) is 0 Å². The number of nitrogens with zero attached hydrogens (tertiary/aromatic N) is 1. The number of hydrogen-bond acceptors (Lipinski definition) is 5. The molecule has 0 aliphatic carbocycles. The molecule has 2 N–H and O–H groups in total. The summed E-state index contributed by atoms with van der Waals surface area (Å²) < 4.78 is 32.0. The average molecular weight is 287 g/mol. The smallest absolute Gasteiger partial charge is 0.244 e. The van der Waals surface area contributed by atoms with Crippen molar-refractivity contribution in [3.63, 3.8) is 0 Å². The molecule has 19 heavy (non-hydrogen) atoms. The standard InChI is InChI=1S/C12H21N3O3S/c1-3-14-11-6-8-13-10-12(11)19(16,17)15-7-5-9-18-4-2/h6,8,10,15H,3-5,7,9H2,1-2H3,(H,13,14). The molecule has 108 valence electrons. The fourth-order valence-corrected chi connectivity index (χ4v) is 2.73. The van der Waals surface area contributed by atoms with Crippen LogP contribution >= 0.6 is 0 Å². The van der Waals surface area contributed by atoms with E-state index in [4.69, 9.17) is 4.74 Å². The zero-order valence-electron chi connectivity index (χ0n) is 11.3. The lowest BCUT2D eigenvalue weighted by molar-refractivity contribution is 0.146. The van der Waals surface area contributed by atoms with Gasteiger partial charge < -0.3 is 10.1 Å². The van der Waals surface area contributed by atoms with E-state index >= 15 is 0 Å². The number of rotatable bonds is 9. The Balaban J connectivity index is 2.66. The van der Waals surface area contributed by atoms with Crippen LogP contribution < -0.4 is 10.0 Å². The Morgan fingerprint density at radius 3 is 2.84 bits per heavy atom. The fourth-order valence-electron chi connectivity index (χ4n) is 1.53. The Morgan fingerprint density at radius 2 is 2.16 bits per heavy atom. The summed E-state index contributed by atoms with van der Waals surface area (Å²) in [6, 6.07) is 1.65. The number of pyridine rings is 1. The highest BCUT2D eigenvalue weighted by Gasteiger charge is 2.17. The molecule has 1 heterocycles. The Morgan fingerprint density at radius 1 is 1.37 bits per heavy atom. The summed E-state index contributed by atoms with van der Waals surface area (Å²) in [5, 5.41) is 3.01. The molecule has 1 aromatic rings. The van der Waals surface area contributed by atoms with Crippen LogP contribution in [0.15, 0.2) is 23.4 Å². The van der Waals surface area contributed by atoms with Gasteiger partial charge in [0.25, 0.3) is 0 Å². The first-order valence-corrected chi connectivity index (χ1v) is 7.85. The Labute approximate surface area is 114 Å². The number of nitrogens with one attached hydrogen (secondary N) is 2. The summed E-state index contributed by atoms with van der Waals surface area (Å²) in [5.74, 6) is 0. The van der Waals surface area contributed by atoms with E-state index in [1.54, 1.807) is 12.3 Å². The van der Waals surface area contributed by atoms with Crippen molar-refractivity contribution in [1.82, 2.24) is 9.71 Å². The van der Waals surface area contributed by atoms with E-state index in [0.29, 0.717) is 38.4 Å². The summed E-state index contributed by atoms with van der Waals surface area (Å²) in [7, 11) is -3.53. The quantitative estimate of drug-likeness (QED) is 0.667. The van der Waals surface area contributed by atoms with Crippen LogP contribution in [-0.4, -0.2) is 39.7 Å². The molecule has 1 rings (SSSR count). The summed E-state index contributed by atoms with van der Waals surface area (Å²) in [5.41, 5.74) is 0.565. The average Bonchev–Trinajstić information content (AvgIpc) is 2.39. The highest BCUT2D eigenvalue weighted by molar-refractivity contribution is 7.89. The van der Waals surface area contributed by atoms with E-state index in [2.05, 4.69) is 15.0 Å². The molecular formula is C12H21N3O3S. The van der Waals surface area contributed by atoms with Crippen molar-refractivity contribution in [1.29, 1.82) is 0 Å². The van der Waals surface area contributed by atoms with E-state index < -0.39 is 10.0 Å². The molecule has 0 saturated carbocycles. The molecule has 0 aromatic carbocycles. The van der Waals surface area contributed by atoms with Gasteiger partial charge in [0.2, 0.25) is 10.0 Å². The van der Waals surface area contributed by atoms with E-state index in [-0.39, 0.29) is 4.90 Å². The number of ether oxygens (including phenoxy) is 1. The minimum Gasteiger partial charge on any atom is -0.384 e. The summed E-state index contributed by atoms with van der Waals surface area (Å²) in [6.45, 7) is 6.00. The first-order valence-electron chi connectivity index (χ1n) is 6.37. The maximum absolute atomic E-state index is 12.1. The predicted molar refractivity (Wildman–Crippen MR) is 74.7 cm³/mol. The van der Waals surface area contributed by atoms with Crippen LogP contribution in [0.25, 0.3) is 0 Å². The predicted octanol–water partition coefficient (Wildman–Crippen LogP) is 1.22. The third kappa shape index (κ3) is 5.14. The molecule has 0 saturated heterocycles. The lowest BCUT2D eigenvalue weighted by Gasteiger charge is -2.11. The number of hydrogen-bond donors (Lipinski definition) is 2. The monoisotopic (exact) mass is 287 g/mol. The maximum Gasteiger partial charge on any atom is 0.244 e. The van der Waals surface area contributed by atoms with Crippen LogP contribution in [0.4, 0.5) is 5.69 Å². The highest BCUT2D eigenvalue weighted by atomic mass is 32.2. The Hall–Kier alpha value is -1.18. The minimum atomic E-state index is -3.53. The van der Waals surface area contributed by atoms with E-state index in [9.17, 15) is 8.42 Å². The van der Waals surface area contributed by atoms with Gasteiger partial charge in [0, 0.05) is 38.7 Å². The molecule has 1 aromatic heterocycles. The van der Waals surface area contributed by atoms with Crippen molar-refractivity contribution in [2.75, 3.05) is 31.6 Å². The van der Waals surface area contributed by atoms with Crippen molar-refractivity contribution in [2.24, 2.45) is 0 Å². The van der Waals surface area contributed by atoms with Crippen molar-refractivity contribution < 1.29 is 13.2 Å². The molecule has 0 bridgehead atoms. The molecule has 0 spiro atoms. The third-order valence-electron chi connectivity index (χ3n) is 2.40. The van der Waals surface area contributed by atoms with E-state index in [1.807, 2.05) is 13.8 Å². The van der Waals surface area contributed by atoms with Crippen LogP contribution in [-0.2, 0) is 14.8 Å². The first kappa shape index (κ1) is 15.9. The second kappa shape index (κ2) is 8.08. The van der Waals surface area contributed by atoms with Crippen molar-refractivity contribution in [3.05, 3.63) is 18.5 Å². The number of aromatic nitrogens is 1. The Kier molecular flexibility index (Phi) is 6.75. The molecule has 0 fully saturated rings.